The Balaban J connectivity index is 2.47. The smallest absolute Gasteiger partial charge is 0.243 e. The van der Waals surface area contributed by atoms with E-state index in [1.165, 1.54) is 35.7 Å². The van der Waals surface area contributed by atoms with E-state index in [0.29, 0.717) is 0 Å². The summed E-state index contributed by atoms with van der Waals surface area (Å²) in [7, 11) is -2.33. The fourth-order valence-corrected chi connectivity index (χ4v) is 4.52. The third-order valence-corrected chi connectivity index (χ3v) is 6.57. The Morgan fingerprint density at radius 3 is 2.62 bits per heavy atom. The Hall–Kier alpha value is -1.44. The zero-order valence-electron chi connectivity index (χ0n) is 12.0. The van der Waals surface area contributed by atoms with Gasteiger partial charge in [-0.05, 0) is 37.4 Å². The highest BCUT2D eigenvalue weighted by molar-refractivity contribution is 7.89. The van der Waals surface area contributed by atoms with Crippen LogP contribution in [0.15, 0.2) is 34.5 Å². The summed E-state index contributed by atoms with van der Waals surface area (Å²) in [5.41, 5.74) is 5.74. The second-order valence-corrected chi connectivity index (χ2v) is 7.78. The van der Waals surface area contributed by atoms with Gasteiger partial charge in [-0.3, -0.25) is 0 Å². The van der Waals surface area contributed by atoms with E-state index in [1.807, 2.05) is 17.5 Å². The summed E-state index contributed by atoms with van der Waals surface area (Å²) in [4.78, 5) is 0.828. The number of sulfonamides is 1. The molecule has 1 unspecified atom stereocenters. The van der Waals surface area contributed by atoms with E-state index in [1.54, 1.807) is 6.92 Å². The summed E-state index contributed by atoms with van der Waals surface area (Å²) in [6.45, 7) is 3.23. The van der Waals surface area contributed by atoms with Gasteiger partial charge in [-0.1, -0.05) is 6.07 Å². The van der Waals surface area contributed by atoms with Crippen molar-refractivity contribution in [1.29, 1.82) is 0 Å². The van der Waals surface area contributed by atoms with Crippen molar-refractivity contribution in [2.24, 2.45) is 0 Å². The molecular weight excluding hydrogens is 311 g/mol. The number of nitrogen functional groups attached to an aromatic ring is 1. The molecule has 0 spiro atoms. The van der Waals surface area contributed by atoms with Gasteiger partial charge in [0.2, 0.25) is 10.0 Å². The van der Waals surface area contributed by atoms with Crippen LogP contribution in [0.25, 0.3) is 0 Å². The predicted octanol–water partition coefficient (Wildman–Crippen LogP) is 3.16. The van der Waals surface area contributed by atoms with Crippen LogP contribution in [0.2, 0.25) is 0 Å². The Kier molecular flexibility index (Phi) is 4.36. The summed E-state index contributed by atoms with van der Waals surface area (Å²) in [5, 5.41) is 1.89. The number of halogens is 1. The zero-order valence-corrected chi connectivity index (χ0v) is 13.6. The van der Waals surface area contributed by atoms with Crippen LogP contribution in [0, 0.1) is 12.7 Å². The molecule has 0 amide bonds. The second-order valence-electron chi connectivity index (χ2n) is 4.84. The summed E-state index contributed by atoms with van der Waals surface area (Å²) >= 11 is 1.48. The first-order valence-electron chi connectivity index (χ1n) is 6.32. The molecule has 0 saturated heterocycles. The maximum atomic E-state index is 13.7. The van der Waals surface area contributed by atoms with Crippen LogP contribution in [0.5, 0.6) is 0 Å². The summed E-state index contributed by atoms with van der Waals surface area (Å²) < 4.78 is 40.4. The second kappa shape index (κ2) is 5.75. The highest BCUT2D eigenvalue weighted by atomic mass is 32.2. The fraction of sp³-hybridized carbons (Fsp3) is 0.286. The molecule has 0 aliphatic carbocycles. The Morgan fingerprint density at radius 2 is 2.05 bits per heavy atom. The highest BCUT2D eigenvalue weighted by Crippen LogP contribution is 2.31. The van der Waals surface area contributed by atoms with E-state index in [-0.39, 0.29) is 22.2 Å². The minimum atomic E-state index is -3.82. The molecule has 4 nitrogen and oxygen atoms in total. The lowest BCUT2D eigenvalue weighted by Crippen LogP contribution is -2.30. The van der Waals surface area contributed by atoms with Gasteiger partial charge in [-0.15, -0.1) is 11.3 Å². The summed E-state index contributed by atoms with van der Waals surface area (Å²) in [5.74, 6) is -0.620. The van der Waals surface area contributed by atoms with E-state index in [2.05, 4.69) is 0 Å². The molecule has 7 heteroatoms. The minimum absolute atomic E-state index is 0.0782. The van der Waals surface area contributed by atoms with Crippen molar-refractivity contribution in [3.05, 3.63) is 45.9 Å². The van der Waals surface area contributed by atoms with Crippen LogP contribution in [0.3, 0.4) is 0 Å². The van der Waals surface area contributed by atoms with Gasteiger partial charge < -0.3 is 5.73 Å². The molecule has 2 aromatic rings. The molecule has 2 rings (SSSR count). The average molecular weight is 328 g/mol. The lowest BCUT2D eigenvalue weighted by molar-refractivity contribution is 0.402. The molecule has 0 radical (unpaired) electrons. The Bertz CT molecular complexity index is 743. The third-order valence-electron chi connectivity index (χ3n) is 3.48. The first-order valence-corrected chi connectivity index (χ1v) is 8.64. The molecule has 0 aliphatic heterocycles. The SMILES string of the molecule is Cc1c(F)cc(N)cc1S(=O)(=O)N(C)C(C)c1cccs1. The molecule has 2 N–H and O–H groups in total. The molecule has 1 aromatic heterocycles. The number of benzene rings is 1. The maximum Gasteiger partial charge on any atom is 0.243 e. The van der Waals surface area contributed by atoms with Crippen molar-refractivity contribution in [1.82, 2.24) is 4.31 Å². The Labute approximate surface area is 128 Å². The number of hydrogen-bond donors (Lipinski definition) is 1. The van der Waals surface area contributed by atoms with Gasteiger partial charge in [-0.25, -0.2) is 12.8 Å². The molecule has 0 saturated carbocycles. The number of rotatable bonds is 4. The Morgan fingerprint density at radius 1 is 1.38 bits per heavy atom. The normalized spacial score (nSPS) is 13.6. The van der Waals surface area contributed by atoms with Crippen molar-refractivity contribution >= 4 is 27.0 Å². The fourth-order valence-electron chi connectivity index (χ4n) is 2.01. The van der Waals surface area contributed by atoms with Gasteiger partial charge in [0.25, 0.3) is 0 Å². The van der Waals surface area contributed by atoms with E-state index >= 15 is 0 Å². The molecular formula is C14H17FN2O2S2. The van der Waals surface area contributed by atoms with Gasteiger partial charge in [0.1, 0.15) is 5.82 Å². The number of anilines is 1. The van der Waals surface area contributed by atoms with Gasteiger partial charge in [0, 0.05) is 23.2 Å². The van der Waals surface area contributed by atoms with Gasteiger partial charge in [0.15, 0.2) is 0 Å². The third kappa shape index (κ3) is 2.95. The quantitative estimate of drug-likeness (QED) is 0.877. The molecule has 114 valence electrons. The van der Waals surface area contributed by atoms with Crippen molar-refractivity contribution in [2.45, 2.75) is 24.8 Å². The van der Waals surface area contributed by atoms with Crippen LogP contribution in [0.1, 0.15) is 23.4 Å². The zero-order chi connectivity index (χ0) is 15.8. The first-order chi connectivity index (χ1) is 9.75. The van der Waals surface area contributed by atoms with Crippen LogP contribution in [-0.4, -0.2) is 19.8 Å². The highest BCUT2D eigenvalue weighted by Gasteiger charge is 2.29. The molecule has 1 atom stereocenters. The van der Waals surface area contributed by atoms with Crippen molar-refractivity contribution in [3.63, 3.8) is 0 Å². The molecule has 1 heterocycles. The van der Waals surface area contributed by atoms with Crippen molar-refractivity contribution in [3.8, 4) is 0 Å². The summed E-state index contributed by atoms with van der Waals surface area (Å²) in [6.07, 6.45) is 0. The van der Waals surface area contributed by atoms with Gasteiger partial charge >= 0.3 is 0 Å². The first kappa shape index (κ1) is 15.9. The number of nitrogens with zero attached hydrogens (tertiary/aromatic N) is 1. The minimum Gasteiger partial charge on any atom is -0.399 e. The topological polar surface area (TPSA) is 63.4 Å². The van der Waals surface area contributed by atoms with E-state index in [9.17, 15) is 12.8 Å². The van der Waals surface area contributed by atoms with E-state index in [0.717, 1.165) is 10.9 Å². The van der Waals surface area contributed by atoms with Crippen molar-refractivity contribution in [2.75, 3.05) is 12.8 Å². The van der Waals surface area contributed by atoms with Gasteiger partial charge in [-0.2, -0.15) is 4.31 Å². The van der Waals surface area contributed by atoms with Crippen LogP contribution in [-0.2, 0) is 10.0 Å². The monoisotopic (exact) mass is 328 g/mol. The maximum absolute atomic E-state index is 13.7. The van der Waals surface area contributed by atoms with E-state index < -0.39 is 15.8 Å². The van der Waals surface area contributed by atoms with E-state index in [4.69, 9.17) is 5.73 Å². The average Bonchev–Trinajstić information content (AvgIpc) is 2.94. The van der Waals surface area contributed by atoms with Gasteiger partial charge in [0.05, 0.1) is 10.9 Å². The molecule has 0 aliphatic rings. The molecule has 1 aromatic carbocycles. The van der Waals surface area contributed by atoms with Crippen molar-refractivity contribution < 1.29 is 12.8 Å². The lowest BCUT2D eigenvalue weighted by atomic mass is 10.2. The number of nitrogens with two attached hydrogens (primary N) is 1. The van der Waals surface area contributed by atoms with Crippen LogP contribution < -0.4 is 5.73 Å². The predicted molar refractivity (Wildman–Crippen MR) is 83.2 cm³/mol. The van der Waals surface area contributed by atoms with Crippen LogP contribution in [0.4, 0.5) is 10.1 Å². The lowest BCUT2D eigenvalue weighted by Gasteiger charge is -2.24. The number of hydrogen-bond acceptors (Lipinski definition) is 4. The number of thiophene rings is 1. The summed E-state index contributed by atoms with van der Waals surface area (Å²) in [6, 6.07) is 5.82. The largest absolute Gasteiger partial charge is 0.399 e. The molecule has 0 bridgehead atoms. The molecule has 21 heavy (non-hydrogen) atoms. The molecule has 0 fully saturated rings. The standard InChI is InChI=1S/C14H17FN2O2S2/c1-9-12(15)7-11(16)8-14(9)21(18,19)17(3)10(2)13-5-4-6-20-13/h4-8,10H,16H2,1-3H3. The van der Waals surface area contributed by atoms with Crippen LogP contribution >= 0.6 is 11.3 Å².